The fourth-order valence-corrected chi connectivity index (χ4v) is 2.24. The Labute approximate surface area is 135 Å². The van der Waals surface area contributed by atoms with Gasteiger partial charge in [0.05, 0.1) is 18.7 Å². The molecule has 1 unspecified atom stereocenters. The second-order valence-electron chi connectivity index (χ2n) is 5.63. The van der Waals surface area contributed by atoms with Crippen molar-refractivity contribution in [3.8, 4) is 5.75 Å². The number of hydrogen-bond donors (Lipinski definition) is 2. The summed E-state index contributed by atoms with van der Waals surface area (Å²) in [7, 11) is 0. The van der Waals surface area contributed by atoms with Gasteiger partial charge in [-0.05, 0) is 44.5 Å². The first kappa shape index (κ1) is 18.6. The maximum absolute atomic E-state index is 13.1. The number of ether oxygens (including phenoxy) is 1. The zero-order chi connectivity index (χ0) is 15.6. The quantitative estimate of drug-likeness (QED) is 0.889. The molecule has 1 aliphatic heterocycles. The minimum atomic E-state index is -2.81. The van der Waals surface area contributed by atoms with Crippen LogP contribution in [0.3, 0.4) is 0 Å². The number of aryl methyl sites for hydroxylation is 1. The molecule has 1 atom stereocenters. The summed E-state index contributed by atoms with van der Waals surface area (Å²) in [5.41, 5.74) is 1.46. The molecule has 1 heterocycles. The highest BCUT2D eigenvalue weighted by Gasteiger charge is 2.42. The first-order valence-electron chi connectivity index (χ1n) is 6.96. The van der Waals surface area contributed by atoms with Gasteiger partial charge in [-0.1, -0.05) is 0 Å². The van der Waals surface area contributed by atoms with Crippen LogP contribution in [0.25, 0.3) is 0 Å². The van der Waals surface area contributed by atoms with Crippen LogP contribution in [0, 0.1) is 6.92 Å². The first-order chi connectivity index (χ1) is 9.77. The Balaban J connectivity index is 0.00000242. The van der Waals surface area contributed by atoms with E-state index < -0.39 is 30.8 Å². The van der Waals surface area contributed by atoms with Gasteiger partial charge in [-0.3, -0.25) is 10.1 Å². The van der Waals surface area contributed by atoms with Gasteiger partial charge in [0.25, 0.3) is 5.92 Å². The highest BCUT2D eigenvalue weighted by molar-refractivity contribution is 5.95. The molecule has 1 aromatic rings. The van der Waals surface area contributed by atoms with Crippen LogP contribution in [0.5, 0.6) is 5.75 Å². The number of carbonyl (C=O) groups is 1. The van der Waals surface area contributed by atoms with E-state index >= 15 is 0 Å². The number of rotatable bonds is 4. The molecule has 2 rings (SSSR count). The smallest absolute Gasteiger partial charge is 0.262 e. The highest BCUT2D eigenvalue weighted by Crippen LogP contribution is 2.27. The molecule has 1 aromatic carbocycles. The van der Waals surface area contributed by atoms with Gasteiger partial charge < -0.3 is 10.1 Å². The lowest BCUT2D eigenvalue weighted by Gasteiger charge is -2.15. The Morgan fingerprint density at radius 3 is 2.64 bits per heavy atom. The topological polar surface area (TPSA) is 50.4 Å². The minimum absolute atomic E-state index is 0. The van der Waals surface area contributed by atoms with Crippen molar-refractivity contribution in [3.05, 3.63) is 23.8 Å². The van der Waals surface area contributed by atoms with Crippen molar-refractivity contribution in [2.45, 2.75) is 45.3 Å². The van der Waals surface area contributed by atoms with Crippen LogP contribution in [0.15, 0.2) is 18.2 Å². The normalized spacial score (nSPS) is 19.6. The SMILES string of the molecule is Cc1cc(NC(=O)C2CC(F)(F)CN2)ccc1OC(C)C.Cl. The van der Waals surface area contributed by atoms with E-state index in [0.717, 1.165) is 11.3 Å². The third kappa shape index (κ3) is 4.81. The summed E-state index contributed by atoms with van der Waals surface area (Å²) >= 11 is 0. The van der Waals surface area contributed by atoms with Crippen LogP contribution in [0.2, 0.25) is 0 Å². The summed E-state index contributed by atoms with van der Waals surface area (Å²) in [5, 5.41) is 5.18. The number of amides is 1. The van der Waals surface area contributed by atoms with E-state index in [1.54, 1.807) is 18.2 Å². The van der Waals surface area contributed by atoms with E-state index in [1.807, 2.05) is 20.8 Å². The number of nitrogens with one attached hydrogen (secondary N) is 2. The molecule has 7 heteroatoms. The molecule has 1 saturated heterocycles. The molecule has 0 saturated carbocycles. The van der Waals surface area contributed by atoms with Crippen molar-refractivity contribution in [1.29, 1.82) is 0 Å². The molecule has 22 heavy (non-hydrogen) atoms. The molecule has 0 radical (unpaired) electrons. The average molecular weight is 335 g/mol. The zero-order valence-corrected chi connectivity index (χ0v) is 13.6. The van der Waals surface area contributed by atoms with E-state index in [4.69, 9.17) is 4.74 Å². The van der Waals surface area contributed by atoms with E-state index in [2.05, 4.69) is 10.6 Å². The molecule has 0 bridgehead atoms. The van der Waals surface area contributed by atoms with E-state index in [0.29, 0.717) is 5.69 Å². The third-order valence-electron chi connectivity index (χ3n) is 3.23. The van der Waals surface area contributed by atoms with Crippen LogP contribution in [0.4, 0.5) is 14.5 Å². The molecular weight excluding hydrogens is 314 g/mol. The van der Waals surface area contributed by atoms with Gasteiger partial charge >= 0.3 is 0 Å². The van der Waals surface area contributed by atoms with Crippen LogP contribution in [-0.2, 0) is 4.79 Å². The number of benzene rings is 1. The Morgan fingerprint density at radius 2 is 2.14 bits per heavy atom. The van der Waals surface area contributed by atoms with Gasteiger partial charge in [-0.2, -0.15) is 0 Å². The average Bonchev–Trinajstić information content (AvgIpc) is 2.73. The summed E-state index contributed by atoms with van der Waals surface area (Å²) in [6.07, 6.45) is -0.402. The lowest BCUT2D eigenvalue weighted by atomic mass is 10.1. The molecule has 1 fully saturated rings. The first-order valence-corrected chi connectivity index (χ1v) is 6.96. The van der Waals surface area contributed by atoms with Crippen molar-refractivity contribution >= 4 is 24.0 Å². The number of alkyl halides is 2. The van der Waals surface area contributed by atoms with Crippen LogP contribution >= 0.6 is 12.4 Å². The van der Waals surface area contributed by atoms with Crippen molar-refractivity contribution in [1.82, 2.24) is 5.32 Å². The van der Waals surface area contributed by atoms with Gasteiger partial charge in [0.2, 0.25) is 5.91 Å². The van der Waals surface area contributed by atoms with E-state index in [-0.39, 0.29) is 18.5 Å². The van der Waals surface area contributed by atoms with Gasteiger partial charge in [0.15, 0.2) is 0 Å². The Kier molecular flexibility index (Phi) is 6.14. The third-order valence-corrected chi connectivity index (χ3v) is 3.23. The molecule has 0 spiro atoms. The van der Waals surface area contributed by atoms with Crippen LogP contribution < -0.4 is 15.4 Å². The summed E-state index contributed by atoms with van der Waals surface area (Å²) in [4.78, 5) is 11.9. The van der Waals surface area contributed by atoms with Crippen molar-refractivity contribution in [2.75, 3.05) is 11.9 Å². The fraction of sp³-hybridized carbons (Fsp3) is 0.533. The summed E-state index contributed by atoms with van der Waals surface area (Å²) < 4.78 is 31.8. The fourth-order valence-electron chi connectivity index (χ4n) is 2.24. The van der Waals surface area contributed by atoms with E-state index in [9.17, 15) is 13.6 Å². The lowest BCUT2D eigenvalue weighted by molar-refractivity contribution is -0.118. The second-order valence-corrected chi connectivity index (χ2v) is 5.63. The maximum atomic E-state index is 13.1. The second kappa shape index (κ2) is 7.24. The highest BCUT2D eigenvalue weighted by atomic mass is 35.5. The zero-order valence-electron chi connectivity index (χ0n) is 12.8. The monoisotopic (exact) mass is 334 g/mol. The van der Waals surface area contributed by atoms with Crippen molar-refractivity contribution in [2.24, 2.45) is 0 Å². The number of halogens is 3. The number of carbonyl (C=O) groups excluding carboxylic acids is 1. The number of hydrogen-bond acceptors (Lipinski definition) is 3. The Bertz CT molecular complexity index is 538. The van der Waals surface area contributed by atoms with Gasteiger partial charge in [-0.15, -0.1) is 12.4 Å². The summed E-state index contributed by atoms with van der Waals surface area (Å²) in [6, 6.07) is 4.38. The van der Waals surface area contributed by atoms with Crippen molar-refractivity contribution in [3.63, 3.8) is 0 Å². The molecule has 2 N–H and O–H groups in total. The van der Waals surface area contributed by atoms with Crippen molar-refractivity contribution < 1.29 is 18.3 Å². The lowest BCUT2D eigenvalue weighted by Crippen LogP contribution is -2.35. The predicted octanol–water partition coefficient (Wildman–Crippen LogP) is 3.14. The Morgan fingerprint density at radius 1 is 1.45 bits per heavy atom. The molecule has 0 aliphatic carbocycles. The standard InChI is InChI=1S/C15H20F2N2O2.ClH/c1-9(2)21-13-5-4-11(6-10(13)3)19-14(20)12-7-15(16,17)8-18-12;/h4-6,9,12,18H,7-8H2,1-3H3,(H,19,20);1H. The molecule has 124 valence electrons. The molecule has 0 aromatic heterocycles. The molecule has 1 aliphatic rings. The van der Waals surface area contributed by atoms with Gasteiger partial charge in [0.1, 0.15) is 5.75 Å². The Hall–Kier alpha value is -1.40. The molecule has 1 amide bonds. The largest absolute Gasteiger partial charge is 0.491 e. The van der Waals surface area contributed by atoms with Gasteiger partial charge in [-0.25, -0.2) is 8.78 Å². The predicted molar refractivity (Wildman–Crippen MR) is 84.2 cm³/mol. The summed E-state index contributed by atoms with van der Waals surface area (Å²) in [6.45, 7) is 5.28. The summed E-state index contributed by atoms with van der Waals surface area (Å²) in [5.74, 6) is -2.51. The molecule has 4 nitrogen and oxygen atoms in total. The van der Waals surface area contributed by atoms with E-state index in [1.165, 1.54) is 0 Å². The van der Waals surface area contributed by atoms with Crippen LogP contribution in [-0.4, -0.2) is 30.5 Å². The minimum Gasteiger partial charge on any atom is -0.491 e. The maximum Gasteiger partial charge on any atom is 0.262 e. The van der Waals surface area contributed by atoms with Gasteiger partial charge in [0, 0.05) is 12.1 Å². The van der Waals surface area contributed by atoms with Crippen LogP contribution in [0.1, 0.15) is 25.8 Å². The number of anilines is 1. The molecular formula is C15H21ClF2N2O2.